The van der Waals surface area contributed by atoms with E-state index in [1.54, 1.807) is 25.2 Å². The average molecular weight is 396 g/mol. The van der Waals surface area contributed by atoms with Crippen molar-refractivity contribution in [3.05, 3.63) is 46.3 Å². The van der Waals surface area contributed by atoms with Gasteiger partial charge in [-0.05, 0) is 18.2 Å². The lowest BCUT2D eigenvalue weighted by Gasteiger charge is -2.04. The number of amides is 1. The minimum absolute atomic E-state index is 0.255. The van der Waals surface area contributed by atoms with Gasteiger partial charge < -0.3 is 5.32 Å². The van der Waals surface area contributed by atoms with Crippen molar-refractivity contribution in [1.82, 2.24) is 23.8 Å². The van der Waals surface area contributed by atoms with Gasteiger partial charge >= 0.3 is 0 Å². The lowest BCUT2D eigenvalue weighted by atomic mass is 10.2. The lowest BCUT2D eigenvalue weighted by Crippen LogP contribution is -2.17. The molecule has 126 valence electrons. The van der Waals surface area contributed by atoms with Gasteiger partial charge in [0.15, 0.2) is 11.5 Å². The van der Waals surface area contributed by atoms with Crippen LogP contribution in [0.3, 0.4) is 0 Å². The molecule has 0 bridgehead atoms. The number of aromatic nitrogens is 5. The van der Waals surface area contributed by atoms with Crippen LogP contribution in [0.15, 0.2) is 30.6 Å². The highest BCUT2D eigenvalue weighted by atomic mass is 35.5. The lowest BCUT2D eigenvalue weighted by molar-refractivity contribution is 0.101. The summed E-state index contributed by atoms with van der Waals surface area (Å²) in [5.74, 6) is -0.0995. The number of hydrogen-bond acceptors (Lipinski definition) is 4. The number of aryl methyl sites for hydroxylation is 1. The minimum Gasteiger partial charge on any atom is -0.304 e. The van der Waals surface area contributed by atoms with Crippen LogP contribution in [0.2, 0.25) is 10.0 Å². The molecule has 25 heavy (non-hydrogen) atoms. The number of hydrogen-bond donors (Lipinski definition) is 1. The van der Waals surface area contributed by atoms with Crippen molar-refractivity contribution in [1.29, 1.82) is 0 Å². The van der Waals surface area contributed by atoms with E-state index >= 15 is 0 Å². The van der Waals surface area contributed by atoms with Gasteiger partial charge in [-0.25, -0.2) is 14.1 Å². The first-order valence-corrected chi connectivity index (χ1v) is 8.17. The van der Waals surface area contributed by atoms with Crippen molar-refractivity contribution in [2.45, 2.75) is 0 Å². The normalized spacial score (nSPS) is 11.4. The summed E-state index contributed by atoms with van der Waals surface area (Å²) < 4.78 is 2.76. The highest BCUT2D eigenvalue weighted by molar-refractivity contribution is 6.41. The quantitative estimate of drug-likeness (QED) is 0.559. The predicted octanol–water partition coefficient (Wildman–Crippen LogP) is 3.88. The molecule has 0 fully saturated rings. The largest absolute Gasteiger partial charge is 0.304 e. The number of fused-ring (bicyclic) bond motifs is 3. The number of anilines is 1. The Labute approximate surface area is 156 Å². The van der Waals surface area contributed by atoms with Crippen LogP contribution in [-0.2, 0) is 7.05 Å². The first-order chi connectivity index (χ1) is 12.0. The zero-order valence-electron chi connectivity index (χ0n) is 12.7. The first kappa shape index (κ1) is 16.1. The second-order valence-electron chi connectivity index (χ2n) is 5.29. The fourth-order valence-corrected chi connectivity index (χ4v) is 3.52. The molecule has 0 radical (unpaired) electrons. The van der Waals surface area contributed by atoms with Crippen molar-refractivity contribution >= 4 is 68.8 Å². The fraction of sp³-hybridized carbons (Fsp3) is 0.0667. The number of nitrogens with one attached hydrogen (secondary N) is 1. The van der Waals surface area contributed by atoms with Crippen LogP contribution in [0.25, 0.3) is 22.1 Å². The van der Waals surface area contributed by atoms with E-state index in [2.05, 4.69) is 20.4 Å². The van der Waals surface area contributed by atoms with Crippen molar-refractivity contribution in [2.24, 2.45) is 7.05 Å². The predicted molar refractivity (Wildman–Crippen MR) is 97.5 cm³/mol. The van der Waals surface area contributed by atoms with Crippen LogP contribution in [0.1, 0.15) is 10.5 Å². The molecule has 0 aliphatic heterocycles. The third-order valence-electron chi connectivity index (χ3n) is 3.71. The summed E-state index contributed by atoms with van der Waals surface area (Å²) in [4.78, 5) is 21.0. The number of benzene rings is 1. The van der Waals surface area contributed by atoms with Gasteiger partial charge in [0.2, 0.25) is 0 Å². The highest BCUT2D eigenvalue weighted by Gasteiger charge is 2.18. The van der Waals surface area contributed by atoms with Gasteiger partial charge in [0.05, 0.1) is 16.7 Å². The van der Waals surface area contributed by atoms with Crippen molar-refractivity contribution in [2.75, 3.05) is 5.32 Å². The van der Waals surface area contributed by atoms with E-state index in [1.807, 2.05) is 0 Å². The Balaban J connectivity index is 1.82. The Hall–Kier alpha value is -2.35. The minimum atomic E-state index is -0.355. The Bertz CT molecular complexity index is 1150. The molecule has 0 saturated heterocycles. The number of halogens is 3. The molecule has 1 N–H and O–H groups in total. The maximum Gasteiger partial charge on any atom is 0.275 e. The number of carbonyl (C=O) groups excluding carboxylic acids is 1. The van der Waals surface area contributed by atoms with Crippen LogP contribution in [-0.4, -0.2) is 29.7 Å². The zero-order valence-corrected chi connectivity index (χ0v) is 14.9. The van der Waals surface area contributed by atoms with Crippen molar-refractivity contribution < 1.29 is 4.79 Å². The van der Waals surface area contributed by atoms with E-state index in [-0.39, 0.29) is 11.7 Å². The van der Waals surface area contributed by atoms with E-state index in [1.165, 1.54) is 21.2 Å². The molecule has 4 rings (SSSR count). The number of nitrogens with zero attached hydrogens (tertiary/aromatic N) is 5. The molecule has 3 heterocycles. The fourth-order valence-electron chi connectivity index (χ4n) is 2.60. The maximum absolute atomic E-state index is 12.3. The van der Waals surface area contributed by atoms with Crippen LogP contribution in [0.5, 0.6) is 0 Å². The third kappa shape index (κ3) is 2.60. The first-order valence-electron chi connectivity index (χ1n) is 7.07. The molecular formula is C15H9Cl3N6O. The van der Waals surface area contributed by atoms with Gasteiger partial charge in [-0.1, -0.05) is 23.2 Å². The molecule has 10 heteroatoms. The molecule has 0 atom stereocenters. The summed E-state index contributed by atoms with van der Waals surface area (Å²) in [7, 11) is 1.67. The van der Waals surface area contributed by atoms with Gasteiger partial charge in [0, 0.05) is 35.4 Å². The standard InChI is InChI=1S/C15H9Cl3N6O/c1-23-10(2-3-20-23)15(25)22-11-6-19-12-8-4-7(16)5-9(17)13(8)24(18)14(12)21-11/h2-6H,1H3,(H,21,22,25). The molecule has 1 aromatic carbocycles. The third-order valence-corrected chi connectivity index (χ3v) is 4.55. The van der Waals surface area contributed by atoms with Crippen LogP contribution in [0.4, 0.5) is 5.82 Å². The Morgan fingerprint density at radius 3 is 2.80 bits per heavy atom. The second-order valence-corrected chi connectivity index (χ2v) is 6.47. The van der Waals surface area contributed by atoms with E-state index in [9.17, 15) is 4.79 Å². The molecular weight excluding hydrogens is 387 g/mol. The Kier molecular flexibility index (Phi) is 3.79. The monoisotopic (exact) mass is 394 g/mol. The zero-order chi connectivity index (χ0) is 17.7. The maximum atomic E-state index is 12.3. The summed E-state index contributed by atoms with van der Waals surface area (Å²) >= 11 is 18.6. The summed E-state index contributed by atoms with van der Waals surface area (Å²) in [5.41, 5.74) is 1.84. The molecule has 0 aliphatic carbocycles. The van der Waals surface area contributed by atoms with Crippen LogP contribution in [0, 0.1) is 0 Å². The highest BCUT2D eigenvalue weighted by Crippen LogP contribution is 2.35. The SMILES string of the molecule is Cn1nccc1C(=O)Nc1cnc2c3cc(Cl)cc(Cl)c3n(Cl)c2n1. The van der Waals surface area contributed by atoms with E-state index in [4.69, 9.17) is 35.0 Å². The number of rotatable bonds is 2. The van der Waals surface area contributed by atoms with Gasteiger partial charge in [0.25, 0.3) is 5.91 Å². The van der Waals surface area contributed by atoms with Gasteiger partial charge in [-0.3, -0.25) is 9.48 Å². The van der Waals surface area contributed by atoms with Crippen LogP contribution < -0.4 is 5.32 Å². The molecule has 0 unspecified atom stereocenters. The van der Waals surface area contributed by atoms with Crippen molar-refractivity contribution in [3.63, 3.8) is 0 Å². The van der Waals surface area contributed by atoms with E-state index in [0.717, 1.165) is 0 Å². The molecule has 4 aromatic rings. The second kappa shape index (κ2) is 5.87. The summed E-state index contributed by atoms with van der Waals surface area (Å²) in [6, 6.07) is 4.91. The van der Waals surface area contributed by atoms with E-state index in [0.29, 0.717) is 37.8 Å². The summed E-state index contributed by atoms with van der Waals surface area (Å²) in [5, 5.41) is 8.16. The molecule has 1 amide bonds. The smallest absolute Gasteiger partial charge is 0.275 e. The van der Waals surface area contributed by atoms with E-state index < -0.39 is 0 Å². The molecule has 7 nitrogen and oxygen atoms in total. The Morgan fingerprint density at radius 1 is 1.28 bits per heavy atom. The van der Waals surface area contributed by atoms with Gasteiger partial charge in [-0.2, -0.15) is 5.10 Å². The summed E-state index contributed by atoms with van der Waals surface area (Å²) in [6.45, 7) is 0. The average Bonchev–Trinajstić information content (AvgIpc) is 3.10. The van der Waals surface area contributed by atoms with Gasteiger partial charge in [0.1, 0.15) is 11.2 Å². The summed E-state index contributed by atoms with van der Waals surface area (Å²) in [6.07, 6.45) is 2.98. The molecule has 0 aliphatic rings. The topological polar surface area (TPSA) is 77.6 Å². The van der Waals surface area contributed by atoms with Crippen molar-refractivity contribution in [3.8, 4) is 0 Å². The Morgan fingerprint density at radius 2 is 2.08 bits per heavy atom. The van der Waals surface area contributed by atoms with Crippen LogP contribution >= 0.6 is 35.0 Å². The van der Waals surface area contributed by atoms with Gasteiger partial charge in [-0.15, -0.1) is 0 Å². The molecule has 3 aromatic heterocycles. The number of carbonyl (C=O) groups is 1. The molecule has 0 spiro atoms. The molecule has 0 saturated carbocycles.